The zero-order valence-electron chi connectivity index (χ0n) is 12.5. The average Bonchev–Trinajstić information content (AvgIpc) is 2.51. The Balaban J connectivity index is 2.85. The number of nitrogens with two attached hydrogens (primary N) is 1. The lowest BCUT2D eigenvalue weighted by Crippen LogP contribution is -2.32. The second-order valence-corrected chi connectivity index (χ2v) is 5.65. The predicted octanol–water partition coefficient (Wildman–Crippen LogP) is 2.32. The molecular formula is C14H22N4O. The maximum Gasteiger partial charge on any atom is 0.146 e. The summed E-state index contributed by atoms with van der Waals surface area (Å²) in [5.74, 6) is 1.24. The molecule has 2 aromatic rings. The molecule has 0 fully saturated rings. The molecule has 0 radical (unpaired) electrons. The molecular weight excluding hydrogens is 240 g/mol. The van der Waals surface area contributed by atoms with Crippen molar-refractivity contribution in [2.24, 2.45) is 0 Å². The minimum absolute atomic E-state index is 0.182. The summed E-state index contributed by atoms with van der Waals surface area (Å²) in [5.41, 5.74) is 9.06. The molecule has 0 spiro atoms. The first kappa shape index (κ1) is 13.8. The summed E-state index contributed by atoms with van der Waals surface area (Å²) in [4.78, 5) is 8.85. The summed E-state index contributed by atoms with van der Waals surface area (Å²) in [7, 11) is 1.71. The third-order valence-electron chi connectivity index (χ3n) is 3.60. The van der Waals surface area contributed by atoms with Crippen molar-refractivity contribution in [2.75, 3.05) is 19.5 Å². The number of nitrogen functional groups attached to an aromatic ring is 1. The third kappa shape index (κ3) is 2.08. The van der Waals surface area contributed by atoms with Gasteiger partial charge in [0, 0.05) is 12.8 Å². The molecule has 2 aromatic heterocycles. The molecule has 0 atom stereocenters. The standard InChI is InChI=1S/C14H22N4O/c1-8-9(2)18(14(4,5)7-19-6)13-11(8)12(15)16-10(3)17-13/h7H2,1-6H3,(H2,15,16,17). The van der Waals surface area contributed by atoms with Gasteiger partial charge in [-0.3, -0.25) is 0 Å². The van der Waals surface area contributed by atoms with Crippen molar-refractivity contribution in [2.45, 2.75) is 40.2 Å². The highest BCUT2D eigenvalue weighted by molar-refractivity contribution is 5.91. The van der Waals surface area contributed by atoms with E-state index in [9.17, 15) is 0 Å². The van der Waals surface area contributed by atoms with Gasteiger partial charge in [0.05, 0.1) is 17.5 Å². The van der Waals surface area contributed by atoms with Gasteiger partial charge in [-0.25, -0.2) is 9.97 Å². The van der Waals surface area contributed by atoms with Crippen LogP contribution in [0.5, 0.6) is 0 Å². The third-order valence-corrected chi connectivity index (χ3v) is 3.60. The minimum Gasteiger partial charge on any atom is -0.383 e. The molecule has 19 heavy (non-hydrogen) atoms. The maximum absolute atomic E-state index is 6.06. The lowest BCUT2D eigenvalue weighted by atomic mass is 10.1. The van der Waals surface area contributed by atoms with Crippen LogP contribution in [0.15, 0.2) is 0 Å². The molecule has 0 saturated carbocycles. The van der Waals surface area contributed by atoms with Crippen molar-refractivity contribution in [3.8, 4) is 0 Å². The van der Waals surface area contributed by atoms with Crippen LogP contribution in [-0.4, -0.2) is 28.3 Å². The molecule has 2 N–H and O–H groups in total. The Morgan fingerprint density at radius 2 is 1.84 bits per heavy atom. The highest BCUT2D eigenvalue weighted by atomic mass is 16.5. The summed E-state index contributed by atoms with van der Waals surface area (Å²) >= 11 is 0. The van der Waals surface area contributed by atoms with Crippen molar-refractivity contribution in [3.05, 3.63) is 17.1 Å². The van der Waals surface area contributed by atoms with Crippen LogP contribution >= 0.6 is 0 Å². The number of hydrogen-bond acceptors (Lipinski definition) is 4. The summed E-state index contributed by atoms with van der Waals surface area (Å²) in [5, 5.41) is 0.951. The number of methoxy groups -OCH3 is 1. The van der Waals surface area contributed by atoms with Gasteiger partial charge in [-0.05, 0) is 40.2 Å². The summed E-state index contributed by atoms with van der Waals surface area (Å²) in [6, 6.07) is 0. The van der Waals surface area contributed by atoms with Crippen molar-refractivity contribution in [3.63, 3.8) is 0 Å². The molecule has 0 aliphatic rings. The SMILES string of the molecule is COCC(C)(C)n1c(C)c(C)c2c(N)nc(C)nc21. The number of ether oxygens (including phenoxy) is 1. The molecule has 0 aliphatic heterocycles. The Morgan fingerprint density at radius 3 is 2.42 bits per heavy atom. The van der Waals surface area contributed by atoms with Gasteiger partial charge in [-0.1, -0.05) is 0 Å². The van der Waals surface area contributed by atoms with Gasteiger partial charge in [0.15, 0.2) is 0 Å². The van der Waals surface area contributed by atoms with E-state index in [-0.39, 0.29) is 5.54 Å². The van der Waals surface area contributed by atoms with Gasteiger partial charge in [-0.2, -0.15) is 0 Å². The summed E-state index contributed by atoms with van der Waals surface area (Å²) < 4.78 is 7.54. The largest absolute Gasteiger partial charge is 0.383 e. The van der Waals surface area contributed by atoms with Crippen LogP contribution in [0.4, 0.5) is 5.82 Å². The zero-order valence-corrected chi connectivity index (χ0v) is 12.5. The van der Waals surface area contributed by atoms with Gasteiger partial charge in [-0.15, -0.1) is 0 Å². The molecule has 0 amide bonds. The molecule has 0 aliphatic carbocycles. The van der Waals surface area contributed by atoms with Crippen LogP contribution in [0, 0.1) is 20.8 Å². The van der Waals surface area contributed by atoms with Gasteiger partial charge < -0.3 is 15.0 Å². The van der Waals surface area contributed by atoms with E-state index >= 15 is 0 Å². The van der Waals surface area contributed by atoms with E-state index in [4.69, 9.17) is 10.5 Å². The monoisotopic (exact) mass is 262 g/mol. The Hall–Kier alpha value is -1.62. The van der Waals surface area contributed by atoms with E-state index in [0.29, 0.717) is 18.2 Å². The second-order valence-electron chi connectivity index (χ2n) is 5.65. The van der Waals surface area contributed by atoms with Crippen LogP contribution in [0.1, 0.15) is 30.9 Å². The van der Waals surface area contributed by atoms with Crippen molar-refractivity contribution in [1.82, 2.24) is 14.5 Å². The average molecular weight is 262 g/mol. The minimum atomic E-state index is -0.182. The fourth-order valence-corrected chi connectivity index (χ4v) is 2.77. The Morgan fingerprint density at radius 1 is 1.21 bits per heavy atom. The van der Waals surface area contributed by atoms with Gasteiger partial charge in [0.2, 0.25) is 0 Å². The molecule has 0 unspecified atom stereocenters. The Labute approximate surface area is 113 Å². The number of hydrogen-bond donors (Lipinski definition) is 1. The first-order chi connectivity index (χ1) is 8.79. The van der Waals surface area contributed by atoms with E-state index < -0.39 is 0 Å². The fourth-order valence-electron chi connectivity index (χ4n) is 2.77. The number of fused-ring (bicyclic) bond motifs is 1. The topological polar surface area (TPSA) is 66.0 Å². The van der Waals surface area contributed by atoms with Crippen molar-refractivity contribution < 1.29 is 4.74 Å². The first-order valence-corrected chi connectivity index (χ1v) is 6.40. The van der Waals surface area contributed by atoms with Crippen LogP contribution < -0.4 is 5.73 Å². The van der Waals surface area contributed by atoms with Gasteiger partial charge >= 0.3 is 0 Å². The van der Waals surface area contributed by atoms with E-state index in [1.165, 1.54) is 0 Å². The number of nitrogens with zero attached hydrogens (tertiary/aromatic N) is 3. The normalized spacial score (nSPS) is 12.3. The number of anilines is 1. The van der Waals surface area contributed by atoms with E-state index in [2.05, 4.69) is 42.2 Å². The first-order valence-electron chi connectivity index (χ1n) is 6.40. The maximum atomic E-state index is 6.06. The number of aryl methyl sites for hydroxylation is 2. The molecule has 2 heterocycles. The predicted molar refractivity (Wildman–Crippen MR) is 77.3 cm³/mol. The number of aromatic nitrogens is 3. The van der Waals surface area contributed by atoms with E-state index in [1.54, 1.807) is 7.11 Å². The molecule has 5 heteroatoms. The van der Waals surface area contributed by atoms with Crippen LogP contribution in [0.2, 0.25) is 0 Å². The highest BCUT2D eigenvalue weighted by Crippen LogP contribution is 2.32. The van der Waals surface area contributed by atoms with Crippen LogP contribution in [0.3, 0.4) is 0 Å². The molecule has 0 saturated heterocycles. The molecule has 0 aromatic carbocycles. The lowest BCUT2D eigenvalue weighted by molar-refractivity contribution is 0.111. The molecule has 2 rings (SSSR count). The van der Waals surface area contributed by atoms with E-state index in [1.807, 2.05) is 6.92 Å². The highest BCUT2D eigenvalue weighted by Gasteiger charge is 2.27. The van der Waals surface area contributed by atoms with Gasteiger partial charge in [0.1, 0.15) is 17.3 Å². The number of rotatable bonds is 3. The quantitative estimate of drug-likeness (QED) is 0.922. The molecule has 5 nitrogen and oxygen atoms in total. The van der Waals surface area contributed by atoms with Crippen LogP contribution in [-0.2, 0) is 10.3 Å². The van der Waals surface area contributed by atoms with Crippen molar-refractivity contribution in [1.29, 1.82) is 0 Å². The van der Waals surface area contributed by atoms with Crippen LogP contribution in [0.25, 0.3) is 11.0 Å². The Kier molecular flexibility index (Phi) is 3.26. The van der Waals surface area contributed by atoms with E-state index in [0.717, 1.165) is 22.3 Å². The van der Waals surface area contributed by atoms with Crippen molar-refractivity contribution >= 4 is 16.9 Å². The zero-order chi connectivity index (χ0) is 14.4. The second kappa shape index (κ2) is 4.49. The molecule has 0 bridgehead atoms. The summed E-state index contributed by atoms with van der Waals surface area (Å²) in [6.07, 6.45) is 0. The van der Waals surface area contributed by atoms with Gasteiger partial charge in [0.25, 0.3) is 0 Å². The smallest absolute Gasteiger partial charge is 0.146 e. The lowest BCUT2D eigenvalue weighted by Gasteiger charge is -2.28. The summed E-state index contributed by atoms with van der Waals surface area (Å²) in [6.45, 7) is 10.9. The fraction of sp³-hybridized carbons (Fsp3) is 0.571. The molecule has 104 valence electrons. The Bertz CT molecular complexity index is 628.